The van der Waals surface area contributed by atoms with Gasteiger partial charge in [-0.25, -0.2) is 0 Å². The van der Waals surface area contributed by atoms with E-state index in [1.165, 1.54) is 16.7 Å². The zero-order valence-electron chi connectivity index (χ0n) is 9.44. The van der Waals surface area contributed by atoms with Gasteiger partial charge in [-0.05, 0) is 12.2 Å². The van der Waals surface area contributed by atoms with E-state index in [1.54, 1.807) is 0 Å². The van der Waals surface area contributed by atoms with Gasteiger partial charge < -0.3 is 10.0 Å². The summed E-state index contributed by atoms with van der Waals surface area (Å²) in [7, 11) is 0. The fraction of sp³-hybridized carbons (Fsp3) is 0.636. The Morgan fingerprint density at radius 1 is 1.50 bits per heavy atom. The predicted octanol–water partition coefficient (Wildman–Crippen LogP) is 1.07. The molecule has 0 aromatic carbocycles. The number of carboxylic acids is 1. The van der Waals surface area contributed by atoms with Crippen molar-refractivity contribution in [3.63, 3.8) is 0 Å². The lowest BCUT2D eigenvalue weighted by Gasteiger charge is -2.17. The monoisotopic (exact) mass is 243 g/mol. The molecule has 0 aromatic heterocycles. The molecule has 5 heteroatoms. The highest BCUT2D eigenvalue weighted by atomic mass is 32.2. The molecule has 4 nitrogen and oxygen atoms in total. The Labute approximate surface area is 100 Å². The highest BCUT2D eigenvalue weighted by Gasteiger charge is 2.15. The minimum absolute atomic E-state index is 0.0550. The van der Waals surface area contributed by atoms with E-state index in [0.717, 1.165) is 18.6 Å². The first-order valence-corrected chi connectivity index (χ1v) is 6.28. The number of carbonyl (C=O) groups excluding carboxylic acids is 1. The maximum absolute atomic E-state index is 11.6. The average molecular weight is 243 g/mol. The number of hydrogen-bond acceptors (Lipinski definition) is 3. The molecule has 0 fully saturated rings. The molecule has 0 heterocycles. The van der Waals surface area contributed by atoms with E-state index in [0.29, 0.717) is 5.75 Å². The SMILES string of the molecule is C#CCN(CC(=O)O)C(=O)CSCCCC. The molecule has 0 bridgehead atoms. The van der Waals surface area contributed by atoms with Crippen LogP contribution in [0.2, 0.25) is 0 Å². The quantitative estimate of drug-likeness (QED) is 0.511. The predicted molar refractivity (Wildman–Crippen MR) is 65.3 cm³/mol. The van der Waals surface area contributed by atoms with E-state index in [-0.39, 0.29) is 19.0 Å². The summed E-state index contributed by atoms with van der Waals surface area (Å²) < 4.78 is 0. The first-order valence-electron chi connectivity index (χ1n) is 5.12. The van der Waals surface area contributed by atoms with E-state index >= 15 is 0 Å². The number of aliphatic carboxylic acids is 1. The van der Waals surface area contributed by atoms with Gasteiger partial charge in [0, 0.05) is 0 Å². The molecule has 0 saturated carbocycles. The average Bonchev–Trinajstić information content (AvgIpc) is 2.23. The smallest absolute Gasteiger partial charge is 0.323 e. The number of unbranched alkanes of at least 4 members (excludes halogenated alkanes) is 1. The Balaban J connectivity index is 3.97. The molecule has 0 unspecified atom stereocenters. The van der Waals surface area contributed by atoms with Crippen molar-refractivity contribution in [1.29, 1.82) is 0 Å². The zero-order valence-corrected chi connectivity index (χ0v) is 10.3. The maximum atomic E-state index is 11.6. The molecule has 0 rings (SSSR count). The van der Waals surface area contributed by atoms with Crippen molar-refractivity contribution in [2.75, 3.05) is 24.6 Å². The fourth-order valence-corrected chi connectivity index (χ4v) is 2.00. The van der Waals surface area contributed by atoms with Crippen LogP contribution >= 0.6 is 11.8 Å². The topological polar surface area (TPSA) is 57.6 Å². The van der Waals surface area contributed by atoms with Gasteiger partial charge in [-0.2, -0.15) is 11.8 Å². The number of amides is 1. The maximum Gasteiger partial charge on any atom is 0.323 e. The summed E-state index contributed by atoms with van der Waals surface area (Å²) in [5.41, 5.74) is 0. The molecule has 1 N–H and O–H groups in total. The molecular weight excluding hydrogens is 226 g/mol. The molecular formula is C11H17NO3S. The van der Waals surface area contributed by atoms with Crippen LogP contribution in [0.5, 0.6) is 0 Å². The summed E-state index contributed by atoms with van der Waals surface area (Å²) in [5, 5.41) is 8.60. The number of carbonyl (C=O) groups is 2. The van der Waals surface area contributed by atoms with Crippen LogP contribution in [0.15, 0.2) is 0 Å². The van der Waals surface area contributed by atoms with Gasteiger partial charge in [0.25, 0.3) is 0 Å². The standard InChI is InChI=1S/C11H17NO3S/c1-3-5-7-16-9-10(13)12(6-4-2)8-11(14)15/h2H,3,5-9H2,1H3,(H,14,15). The van der Waals surface area contributed by atoms with E-state index in [4.69, 9.17) is 11.5 Å². The fourth-order valence-electron chi connectivity index (χ4n) is 1.00. The lowest BCUT2D eigenvalue weighted by Crippen LogP contribution is -2.37. The minimum atomic E-state index is -1.04. The molecule has 0 aliphatic carbocycles. The van der Waals surface area contributed by atoms with E-state index < -0.39 is 5.97 Å². The number of hydrogen-bond donors (Lipinski definition) is 1. The van der Waals surface area contributed by atoms with Gasteiger partial charge in [0.15, 0.2) is 0 Å². The lowest BCUT2D eigenvalue weighted by atomic mass is 10.4. The third-order valence-electron chi connectivity index (χ3n) is 1.83. The van der Waals surface area contributed by atoms with Crippen LogP contribution in [0.1, 0.15) is 19.8 Å². The Morgan fingerprint density at radius 2 is 2.19 bits per heavy atom. The number of carboxylic acid groups (broad SMARTS) is 1. The molecule has 0 aromatic rings. The summed E-state index contributed by atoms with van der Waals surface area (Å²) in [6, 6.07) is 0. The van der Waals surface area contributed by atoms with Crippen molar-refractivity contribution in [3.05, 3.63) is 0 Å². The Hall–Kier alpha value is -1.15. The van der Waals surface area contributed by atoms with Gasteiger partial charge in [-0.15, -0.1) is 6.42 Å². The summed E-state index contributed by atoms with van der Waals surface area (Å²) in [4.78, 5) is 23.3. The molecule has 0 atom stereocenters. The van der Waals surface area contributed by atoms with E-state index in [9.17, 15) is 9.59 Å². The van der Waals surface area contributed by atoms with E-state index in [2.05, 4.69) is 12.8 Å². The minimum Gasteiger partial charge on any atom is -0.480 e. The molecule has 0 aliphatic heterocycles. The Bertz CT molecular complexity index is 273. The van der Waals surface area contributed by atoms with Gasteiger partial charge in [-0.3, -0.25) is 9.59 Å². The molecule has 16 heavy (non-hydrogen) atoms. The summed E-state index contributed by atoms with van der Waals surface area (Å²) >= 11 is 1.51. The second-order valence-electron chi connectivity index (χ2n) is 3.25. The largest absolute Gasteiger partial charge is 0.480 e. The van der Waals surface area contributed by atoms with Crippen LogP contribution in [0.3, 0.4) is 0 Å². The number of rotatable bonds is 8. The number of terminal acetylenes is 1. The van der Waals surface area contributed by atoms with E-state index in [1.807, 2.05) is 0 Å². The third-order valence-corrected chi connectivity index (χ3v) is 2.86. The van der Waals surface area contributed by atoms with Crippen LogP contribution in [0.4, 0.5) is 0 Å². The number of thioether (sulfide) groups is 1. The van der Waals surface area contributed by atoms with Crippen LogP contribution in [-0.4, -0.2) is 46.5 Å². The third kappa shape index (κ3) is 7.18. The lowest BCUT2D eigenvalue weighted by molar-refractivity contribution is -0.143. The van der Waals surface area contributed by atoms with Crippen molar-refractivity contribution >= 4 is 23.6 Å². The zero-order chi connectivity index (χ0) is 12.4. The number of nitrogens with zero attached hydrogens (tertiary/aromatic N) is 1. The van der Waals surface area contributed by atoms with Crippen LogP contribution in [-0.2, 0) is 9.59 Å². The van der Waals surface area contributed by atoms with Gasteiger partial charge >= 0.3 is 5.97 Å². The Kier molecular flexibility index (Phi) is 8.45. The van der Waals surface area contributed by atoms with Crippen molar-refractivity contribution in [2.24, 2.45) is 0 Å². The van der Waals surface area contributed by atoms with Crippen LogP contribution < -0.4 is 0 Å². The Morgan fingerprint density at radius 3 is 2.69 bits per heavy atom. The van der Waals surface area contributed by atoms with Crippen LogP contribution in [0.25, 0.3) is 0 Å². The molecule has 0 radical (unpaired) electrons. The molecule has 1 amide bonds. The van der Waals surface area contributed by atoms with Crippen molar-refractivity contribution in [1.82, 2.24) is 4.90 Å². The van der Waals surface area contributed by atoms with Crippen LogP contribution in [0, 0.1) is 12.3 Å². The first-order chi connectivity index (χ1) is 7.61. The van der Waals surface area contributed by atoms with Gasteiger partial charge in [-0.1, -0.05) is 19.3 Å². The molecule has 0 aliphatic rings. The van der Waals surface area contributed by atoms with Gasteiger partial charge in [0.05, 0.1) is 12.3 Å². The normalized spacial score (nSPS) is 9.50. The first kappa shape index (κ1) is 14.8. The highest BCUT2D eigenvalue weighted by molar-refractivity contribution is 7.99. The van der Waals surface area contributed by atoms with Gasteiger partial charge in [0.1, 0.15) is 6.54 Å². The molecule has 90 valence electrons. The highest BCUT2D eigenvalue weighted by Crippen LogP contribution is 2.06. The van der Waals surface area contributed by atoms with Crippen molar-refractivity contribution in [2.45, 2.75) is 19.8 Å². The second-order valence-corrected chi connectivity index (χ2v) is 4.36. The molecule has 0 saturated heterocycles. The van der Waals surface area contributed by atoms with Crippen molar-refractivity contribution in [3.8, 4) is 12.3 Å². The second kappa shape index (κ2) is 9.10. The summed E-state index contributed by atoms with van der Waals surface area (Å²) in [5.74, 6) is 2.26. The summed E-state index contributed by atoms with van der Waals surface area (Å²) in [6.45, 7) is 1.81. The molecule has 0 spiro atoms. The van der Waals surface area contributed by atoms with Gasteiger partial charge in [0.2, 0.25) is 5.91 Å². The summed E-state index contributed by atoms with van der Waals surface area (Å²) in [6.07, 6.45) is 7.22. The van der Waals surface area contributed by atoms with Crippen molar-refractivity contribution < 1.29 is 14.7 Å².